The zero-order chi connectivity index (χ0) is 25.4. The third-order valence-electron chi connectivity index (χ3n) is 4.67. The second-order valence-corrected chi connectivity index (χ2v) is 7.94. The zero-order valence-corrected chi connectivity index (χ0v) is 20.6. The number of carbonyl (C=O) groups excluding carboxylic acids is 2. The fraction of sp³-hybridized carbons (Fsp3) is 0.160. The molecule has 3 aromatic carbocycles. The number of hydrazone groups is 1. The number of carbonyl (C=O) groups is 2. The molecule has 0 aliphatic carbocycles. The van der Waals surface area contributed by atoms with Crippen molar-refractivity contribution in [2.24, 2.45) is 5.10 Å². The van der Waals surface area contributed by atoms with Gasteiger partial charge in [-0.3, -0.25) is 4.79 Å². The fourth-order valence-corrected chi connectivity index (χ4v) is 3.28. The molecule has 0 aromatic heterocycles. The van der Waals surface area contributed by atoms with E-state index in [2.05, 4.69) is 10.5 Å². The molecular formula is C25H22Cl2N2O6. The van der Waals surface area contributed by atoms with Gasteiger partial charge in [0.1, 0.15) is 11.5 Å². The minimum Gasteiger partial charge on any atom is -0.493 e. The maximum Gasteiger partial charge on any atom is 0.343 e. The van der Waals surface area contributed by atoms with Crippen molar-refractivity contribution < 1.29 is 28.5 Å². The van der Waals surface area contributed by atoms with Crippen molar-refractivity contribution in [3.8, 4) is 23.0 Å². The summed E-state index contributed by atoms with van der Waals surface area (Å²) < 4.78 is 21.3. The Morgan fingerprint density at radius 1 is 0.914 bits per heavy atom. The molecule has 3 aromatic rings. The van der Waals surface area contributed by atoms with E-state index in [0.717, 1.165) is 0 Å². The number of methoxy groups -OCH3 is 2. The Balaban J connectivity index is 1.53. The van der Waals surface area contributed by atoms with E-state index in [0.29, 0.717) is 44.2 Å². The van der Waals surface area contributed by atoms with E-state index < -0.39 is 18.0 Å². The van der Waals surface area contributed by atoms with Crippen LogP contribution in [0.15, 0.2) is 65.8 Å². The number of nitrogens with zero attached hydrogens (tertiary/aromatic N) is 1. The monoisotopic (exact) mass is 516 g/mol. The number of amides is 1. The Bertz CT molecular complexity index is 1230. The molecule has 35 heavy (non-hydrogen) atoms. The molecule has 1 atom stereocenters. The SMILES string of the molecule is COc1ccc(C(=O)Oc2ccc(/C=N\NC(=O)[C@@H](C)Oc3ccc(Cl)cc3Cl)cc2)cc1OC. The molecule has 0 saturated carbocycles. The summed E-state index contributed by atoms with van der Waals surface area (Å²) in [6, 6.07) is 16.0. The van der Waals surface area contributed by atoms with Crippen LogP contribution in [-0.2, 0) is 4.79 Å². The van der Waals surface area contributed by atoms with E-state index in [9.17, 15) is 9.59 Å². The molecule has 182 valence electrons. The highest BCUT2D eigenvalue weighted by molar-refractivity contribution is 6.35. The van der Waals surface area contributed by atoms with Gasteiger partial charge in [0, 0.05) is 5.02 Å². The topological polar surface area (TPSA) is 95.5 Å². The summed E-state index contributed by atoms with van der Waals surface area (Å²) >= 11 is 11.9. The van der Waals surface area contributed by atoms with Crippen LogP contribution in [0.25, 0.3) is 0 Å². The lowest BCUT2D eigenvalue weighted by molar-refractivity contribution is -0.127. The third-order valence-corrected chi connectivity index (χ3v) is 5.20. The summed E-state index contributed by atoms with van der Waals surface area (Å²) in [6.45, 7) is 1.57. The number of esters is 1. The van der Waals surface area contributed by atoms with E-state index in [1.165, 1.54) is 32.6 Å². The first-order valence-corrected chi connectivity index (χ1v) is 11.0. The van der Waals surface area contributed by atoms with Crippen LogP contribution in [0.4, 0.5) is 0 Å². The number of rotatable bonds is 9. The normalized spacial score (nSPS) is 11.6. The predicted octanol–water partition coefficient (Wildman–Crippen LogP) is 5.15. The van der Waals surface area contributed by atoms with Gasteiger partial charge >= 0.3 is 5.97 Å². The first kappa shape index (κ1) is 25.9. The molecule has 0 unspecified atom stereocenters. The van der Waals surface area contributed by atoms with Gasteiger partial charge in [-0.15, -0.1) is 0 Å². The smallest absolute Gasteiger partial charge is 0.343 e. The molecule has 0 aliphatic rings. The second-order valence-electron chi connectivity index (χ2n) is 7.10. The van der Waals surface area contributed by atoms with Crippen LogP contribution >= 0.6 is 23.2 Å². The van der Waals surface area contributed by atoms with Crippen molar-refractivity contribution in [1.82, 2.24) is 5.43 Å². The van der Waals surface area contributed by atoms with Crippen LogP contribution in [0.5, 0.6) is 23.0 Å². The minimum atomic E-state index is -0.843. The summed E-state index contributed by atoms with van der Waals surface area (Å²) in [7, 11) is 3.00. The Kier molecular flexibility index (Phi) is 8.94. The van der Waals surface area contributed by atoms with Crippen molar-refractivity contribution >= 4 is 41.3 Å². The molecule has 8 nitrogen and oxygen atoms in total. The number of halogens is 2. The van der Waals surface area contributed by atoms with Crippen molar-refractivity contribution in [3.63, 3.8) is 0 Å². The first-order valence-electron chi connectivity index (χ1n) is 10.3. The van der Waals surface area contributed by atoms with E-state index in [4.69, 9.17) is 42.1 Å². The van der Waals surface area contributed by atoms with E-state index >= 15 is 0 Å². The van der Waals surface area contributed by atoms with Crippen molar-refractivity contribution in [2.75, 3.05) is 14.2 Å². The number of hydrogen-bond donors (Lipinski definition) is 1. The van der Waals surface area contributed by atoms with Gasteiger partial charge in [0.2, 0.25) is 0 Å². The molecule has 0 heterocycles. The Morgan fingerprint density at radius 3 is 2.26 bits per heavy atom. The van der Waals surface area contributed by atoms with E-state index in [-0.39, 0.29) is 0 Å². The molecule has 1 N–H and O–H groups in total. The van der Waals surface area contributed by atoms with Gasteiger partial charge in [-0.1, -0.05) is 23.2 Å². The third kappa shape index (κ3) is 7.11. The maximum absolute atomic E-state index is 12.4. The van der Waals surface area contributed by atoms with Crippen LogP contribution in [0, 0.1) is 0 Å². The number of hydrogen-bond acceptors (Lipinski definition) is 7. The molecular weight excluding hydrogens is 495 g/mol. The van der Waals surface area contributed by atoms with Gasteiger partial charge in [-0.2, -0.15) is 5.10 Å². The molecule has 10 heteroatoms. The van der Waals surface area contributed by atoms with Crippen LogP contribution in [0.2, 0.25) is 10.0 Å². The summed E-state index contributed by atoms with van der Waals surface area (Å²) in [5.74, 6) is 0.594. The van der Waals surface area contributed by atoms with Crippen LogP contribution < -0.4 is 24.4 Å². The Labute approximate surface area is 212 Å². The average molecular weight is 517 g/mol. The molecule has 3 rings (SSSR count). The van der Waals surface area contributed by atoms with Gasteiger partial charge in [-0.05, 0) is 73.2 Å². The lowest BCUT2D eigenvalue weighted by Crippen LogP contribution is -2.33. The summed E-state index contributed by atoms with van der Waals surface area (Å²) in [5, 5.41) is 4.68. The molecule has 0 saturated heterocycles. The average Bonchev–Trinajstić information content (AvgIpc) is 2.86. The van der Waals surface area contributed by atoms with Crippen LogP contribution in [0.1, 0.15) is 22.8 Å². The second kappa shape index (κ2) is 12.1. The minimum absolute atomic E-state index is 0.299. The Morgan fingerprint density at radius 2 is 1.60 bits per heavy atom. The largest absolute Gasteiger partial charge is 0.493 e. The van der Waals surface area contributed by atoms with Crippen LogP contribution in [0.3, 0.4) is 0 Å². The summed E-state index contributed by atoms with van der Waals surface area (Å²) in [5.41, 5.74) is 3.38. The first-order chi connectivity index (χ1) is 16.8. The zero-order valence-electron chi connectivity index (χ0n) is 19.1. The highest BCUT2D eigenvalue weighted by Crippen LogP contribution is 2.29. The highest BCUT2D eigenvalue weighted by Gasteiger charge is 2.16. The molecule has 0 radical (unpaired) electrons. The fourth-order valence-electron chi connectivity index (χ4n) is 2.83. The molecule has 0 bridgehead atoms. The van der Waals surface area contributed by atoms with Gasteiger partial charge in [0.15, 0.2) is 17.6 Å². The van der Waals surface area contributed by atoms with Crippen molar-refractivity contribution in [1.29, 1.82) is 0 Å². The molecule has 0 spiro atoms. The van der Waals surface area contributed by atoms with Crippen molar-refractivity contribution in [2.45, 2.75) is 13.0 Å². The lowest BCUT2D eigenvalue weighted by atomic mass is 10.2. The van der Waals surface area contributed by atoms with E-state index in [1.807, 2.05) is 0 Å². The van der Waals surface area contributed by atoms with Gasteiger partial charge < -0.3 is 18.9 Å². The summed E-state index contributed by atoms with van der Waals surface area (Å²) in [6.07, 6.45) is 0.601. The Hall–Kier alpha value is -3.75. The number of nitrogens with one attached hydrogen (secondary N) is 1. The number of ether oxygens (including phenoxy) is 4. The maximum atomic E-state index is 12.4. The highest BCUT2D eigenvalue weighted by atomic mass is 35.5. The lowest BCUT2D eigenvalue weighted by Gasteiger charge is -2.14. The molecule has 0 fully saturated rings. The predicted molar refractivity (Wildman–Crippen MR) is 133 cm³/mol. The standard InChI is InChI=1S/C25H22Cl2N2O6/c1-15(34-21-11-7-18(26)13-20(21)27)24(30)29-28-14-16-4-8-19(9-5-16)35-25(31)17-6-10-22(32-2)23(12-17)33-3/h4-15H,1-3H3,(H,29,30)/b28-14-/t15-/m1/s1. The van der Waals surface area contributed by atoms with Crippen LogP contribution in [-0.4, -0.2) is 38.4 Å². The van der Waals surface area contributed by atoms with Crippen molar-refractivity contribution in [3.05, 3.63) is 81.8 Å². The van der Waals surface area contributed by atoms with Gasteiger partial charge in [0.05, 0.1) is 31.0 Å². The van der Waals surface area contributed by atoms with E-state index in [1.54, 1.807) is 55.5 Å². The van der Waals surface area contributed by atoms with Gasteiger partial charge in [-0.25, -0.2) is 10.2 Å². The number of benzene rings is 3. The molecule has 1 amide bonds. The molecule has 0 aliphatic heterocycles. The van der Waals surface area contributed by atoms with Gasteiger partial charge in [0.25, 0.3) is 5.91 Å². The summed E-state index contributed by atoms with van der Waals surface area (Å²) in [4.78, 5) is 24.6. The quantitative estimate of drug-likeness (QED) is 0.183.